The maximum atomic E-state index is 12.7. The number of carboxylic acids is 1. The van der Waals surface area contributed by atoms with Crippen LogP contribution in [0.15, 0.2) is 24.3 Å². The second kappa shape index (κ2) is 6.29. The Morgan fingerprint density at radius 3 is 2.52 bits per heavy atom. The molecule has 114 valence electrons. The molecule has 0 saturated heterocycles. The Hall–Kier alpha value is -1.84. The van der Waals surface area contributed by atoms with Gasteiger partial charge in [-0.1, -0.05) is 25.5 Å². The Balaban J connectivity index is 2.19. The first-order chi connectivity index (χ1) is 9.93. The van der Waals surface area contributed by atoms with Crippen LogP contribution in [0.1, 0.15) is 31.7 Å². The third-order valence-electron chi connectivity index (χ3n) is 4.59. The minimum atomic E-state index is -0.845. The third kappa shape index (κ3) is 3.26. The van der Waals surface area contributed by atoms with Crippen molar-refractivity contribution in [3.8, 4) is 0 Å². The zero-order valence-corrected chi connectivity index (χ0v) is 12.9. The SMILES string of the molecule is CCC1CC(C(=O)O)C(C(=O)N(C)c2cccc(C)c2)C1. The van der Waals surface area contributed by atoms with E-state index in [-0.39, 0.29) is 5.91 Å². The fourth-order valence-corrected chi connectivity index (χ4v) is 3.23. The van der Waals surface area contributed by atoms with Crippen LogP contribution in [0.25, 0.3) is 0 Å². The minimum absolute atomic E-state index is 0.0797. The van der Waals surface area contributed by atoms with Gasteiger partial charge in [0, 0.05) is 12.7 Å². The average Bonchev–Trinajstić information content (AvgIpc) is 2.90. The van der Waals surface area contributed by atoms with Crippen molar-refractivity contribution in [1.82, 2.24) is 0 Å². The Morgan fingerprint density at radius 1 is 1.29 bits per heavy atom. The summed E-state index contributed by atoms with van der Waals surface area (Å²) in [6.45, 7) is 4.03. The van der Waals surface area contributed by atoms with E-state index in [9.17, 15) is 14.7 Å². The summed E-state index contributed by atoms with van der Waals surface area (Å²) in [4.78, 5) is 25.7. The van der Waals surface area contributed by atoms with Crippen molar-refractivity contribution in [3.05, 3.63) is 29.8 Å². The summed E-state index contributed by atoms with van der Waals surface area (Å²) in [5.41, 5.74) is 1.91. The molecule has 4 heteroatoms. The van der Waals surface area contributed by atoms with E-state index in [4.69, 9.17) is 0 Å². The molecule has 1 N–H and O–H groups in total. The van der Waals surface area contributed by atoms with Gasteiger partial charge in [-0.15, -0.1) is 0 Å². The lowest BCUT2D eigenvalue weighted by molar-refractivity contribution is -0.145. The number of benzene rings is 1. The highest BCUT2D eigenvalue weighted by atomic mass is 16.4. The first kappa shape index (κ1) is 15.5. The molecule has 1 aromatic rings. The molecule has 1 amide bonds. The van der Waals surface area contributed by atoms with Gasteiger partial charge in [-0.05, 0) is 43.4 Å². The topological polar surface area (TPSA) is 57.6 Å². The van der Waals surface area contributed by atoms with E-state index in [1.165, 1.54) is 0 Å². The Bertz CT molecular complexity index is 541. The molecule has 3 unspecified atom stereocenters. The van der Waals surface area contributed by atoms with E-state index in [0.717, 1.165) is 17.7 Å². The van der Waals surface area contributed by atoms with Gasteiger partial charge in [-0.2, -0.15) is 0 Å². The van der Waals surface area contributed by atoms with E-state index in [1.807, 2.05) is 31.2 Å². The van der Waals surface area contributed by atoms with Crippen molar-refractivity contribution in [3.63, 3.8) is 0 Å². The first-order valence-corrected chi connectivity index (χ1v) is 7.51. The first-order valence-electron chi connectivity index (χ1n) is 7.51. The molecule has 0 spiro atoms. The van der Waals surface area contributed by atoms with Crippen LogP contribution >= 0.6 is 0 Å². The summed E-state index contributed by atoms with van der Waals surface area (Å²) in [5, 5.41) is 9.37. The van der Waals surface area contributed by atoms with Gasteiger partial charge in [0.1, 0.15) is 0 Å². The van der Waals surface area contributed by atoms with Crippen LogP contribution in [0.5, 0.6) is 0 Å². The standard InChI is InChI=1S/C17H23NO3/c1-4-12-9-14(15(10-12)17(20)21)16(19)18(3)13-7-5-6-11(2)8-13/h5-8,12,14-15H,4,9-10H2,1-3H3,(H,20,21). The van der Waals surface area contributed by atoms with Crippen molar-refractivity contribution >= 4 is 17.6 Å². The molecule has 0 aromatic heterocycles. The number of nitrogens with zero attached hydrogens (tertiary/aromatic N) is 1. The Labute approximate surface area is 125 Å². The van der Waals surface area contributed by atoms with Crippen LogP contribution in [0.3, 0.4) is 0 Å². The van der Waals surface area contributed by atoms with Gasteiger partial charge in [0.05, 0.1) is 11.8 Å². The van der Waals surface area contributed by atoms with Gasteiger partial charge in [-0.25, -0.2) is 0 Å². The molecule has 1 saturated carbocycles. The molecule has 1 aliphatic rings. The highest BCUT2D eigenvalue weighted by molar-refractivity contribution is 5.97. The van der Waals surface area contributed by atoms with Crippen LogP contribution in [0.4, 0.5) is 5.69 Å². The molecule has 2 rings (SSSR count). The summed E-state index contributed by atoms with van der Waals surface area (Å²) in [5.74, 6) is -1.54. The molecule has 0 radical (unpaired) electrons. The monoisotopic (exact) mass is 289 g/mol. The van der Waals surface area contributed by atoms with E-state index in [2.05, 4.69) is 6.92 Å². The zero-order chi connectivity index (χ0) is 15.6. The predicted molar refractivity (Wildman–Crippen MR) is 82.2 cm³/mol. The lowest BCUT2D eigenvalue weighted by atomic mass is 9.94. The number of amides is 1. The quantitative estimate of drug-likeness (QED) is 0.926. The van der Waals surface area contributed by atoms with Crippen molar-refractivity contribution in [2.24, 2.45) is 17.8 Å². The van der Waals surface area contributed by atoms with Crippen molar-refractivity contribution < 1.29 is 14.7 Å². The fraction of sp³-hybridized carbons (Fsp3) is 0.529. The number of carboxylic acid groups (broad SMARTS) is 1. The number of carbonyl (C=O) groups excluding carboxylic acids is 1. The van der Waals surface area contributed by atoms with Crippen LogP contribution in [0.2, 0.25) is 0 Å². The van der Waals surface area contributed by atoms with Crippen LogP contribution in [0, 0.1) is 24.7 Å². The summed E-state index contributed by atoms with van der Waals surface area (Å²) in [6, 6.07) is 7.71. The predicted octanol–water partition coefficient (Wildman–Crippen LogP) is 3.09. The largest absolute Gasteiger partial charge is 0.481 e. The molecule has 21 heavy (non-hydrogen) atoms. The van der Waals surface area contributed by atoms with E-state index >= 15 is 0 Å². The third-order valence-corrected chi connectivity index (χ3v) is 4.59. The molecule has 1 aliphatic carbocycles. The molecular weight excluding hydrogens is 266 g/mol. The lowest BCUT2D eigenvalue weighted by Crippen LogP contribution is -2.36. The van der Waals surface area contributed by atoms with Gasteiger partial charge < -0.3 is 10.0 Å². The number of anilines is 1. The maximum Gasteiger partial charge on any atom is 0.307 e. The summed E-state index contributed by atoms with van der Waals surface area (Å²) >= 11 is 0. The summed E-state index contributed by atoms with van der Waals surface area (Å²) in [6.07, 6.45) is 2.23. The van der Waals surface area contributed by atoms with Gasteiger partial charge in [0.25, 0.3) is 0 Å². The Morgan fingerprint density at radius 2 is 1.95 bits per heavy atom. The number of rotatable bonds is 4. The van der Waals surface area contributed by atoms with E-state index < -0.39 is 17.8 Å². The number of aryl methyl sites for hydroxylation is 1. The second-order valence-corrected chi connectivity index (χ2v) is 6.03. The van der Waals surface area contributed by atoms with E-state index in [0.29, 0.717) is 18.8 Å². The lowest BCUT2D eigenvalue weighted by Gasteiger charge is -2.24. The summed E-state index contributed by atoms with van der Waals surface area (Å²) < 4.78 is 0. The number of hydrogen-bond acceptors (Lipinski definition) is 2. The molecule has 0 heterocycles. The zero-order valence-electron chi connectivity index (χ0n) is 12.9. The normalized spacial score (nSPS) is 24.8. The average molecular weight is 289 g/mol. The van der Waals surface area contributed by atoms with Crippen molar-refractivity contribution in [2.45, 2.75) is 33.1 Å². The molecular formula is C17H23NO3. The maximum absolute atomic E-state index is 12.7. The summed E-state index contributed by atoms with van der Waals surface area (Å²) in [7, 11) is 1.73. The van der Waals surface area contributed by atoms with Gasteiger partial charge in [0.15, 0.2) is 0 Å². The van der Waals surface area contributed by atoms with Crippen LogP contribution < -0.4 is 4.90 Å². The molecule has 0 bridgehead atoms. The highest BCUT2D eigenvalue weighted by Crippen LogP contribution is 2.39. The number of aliphatic carboxylic acids is 1. The van der Waals surface area contributed by atoms with Crippen LogP contribution in [-0.4, -0.2) is 24.0 Å². The molecule has 3 atom stereocenters. The highest BCUT2D eigenvalue weighted by Gasteiger charge is 2.43. The van der Waals surface area contributed by atoms with Crippen molar-refractivity contribution in [1.29, 1.82) is 0 Å². The number of hydrogen-bond donors (Lipinski definition) is 1. The fourth-order valence-electron chi connectivity index (χ4n) is 3.23. The van der Waals surface area contributed by atoms with Gasteiger partial charge in [0.2, 0.25) is 5.91 Å². The Kier molecular flexibility index (Phi) is 4.66. The van der Waals surface area contributed by atoms with Crippen LogP contribution in [-0.2, 0) is 9.59 Å². The molecule has 4 nitrogen and oxygen atoms in total. The van der Waals surface area contributed by atoms with Crippen molar-refractivity contribution in [2.75, 3.05) is 11.9 Å². The van der Waals surface area contributed by atoms with Gasteiger partial charge in [-0.3, -0.25) is 9.59 Å². The number of carbonyl (C=O) groups is 2. The molecule has 1 fully saturated rings. The second-order valence-electron chi connectivity index (χ2n) is 6.03. The van der Waals surface area contributed by atoms with Gasteiger partial charge >= 0.3 is 5.97 Å². The smallest absolute Gasteiger partial charge is 0.307 e. The minimum Gasteiger partial charge on any atom is -0.481 e. The molecule has 0 aliphatic heterocycles. The van der Waals surface area contributed by atoms with E-state index in [1.54, 1.807) is 11.9 Å². The molecule has 1 aromatic carbocycles.